The third kappa shape index (κ3) is 16.7. The molecule has 4 nitrogen and oxygen atoms in total. The first-order valence-electron chi connectivity index (χ1n) is 9.04. The van der Waals surface area contributed by atoms with Gasteiger partial charge in [0.2, 0.25) is 0 Å². The van der Waals surface area contributed by atoms with Gasteiger partial charge >= 0.3 is 51.4 Å². The average Bonchev–Trinajstić information content (AvgIpc) is 2.45. The van der Waals surface area contributed by atoms with E-state index >= 15 is 0 Å². The summed E-state index contributed by atoms with van der Waals surface area (Å²) in [5.41, 5.74) is 0. The van der Waals surface area contributed by atoms with Gasteiger partial charge in [-0.25, -0.2) is 8.42 Å². The molecule has 23 heavy (non-hydrogen) atoms. The number of aliphatic hydroxyl groups is 1. The molecule has 6 heteroatoms. The van der Waals surface area contributed by atoms with Gasteiger partial charge in [0, 0.05) is 5.25 Å². The van der Waals surface area contributed by atoms with Crippen molar-refractivity contribution in [3.8, 4) is 0 Å². The predicted octanol–water partition coefficient (Wildman–Crippen LogP) is 1.38. The SMILES string of the molecule is CCCCCCCC(O)CCCCCCC(CC)S(=O)(=O)[O-].[K+]. The fraction of sp³-hybridized carbons (Fsp3) is 1.00. The molecule has 0 rings (SSSR count). The van der Waals surface area contributed by atoms with Crippen LogP contribution in [0, 0.1) is 0 Å². The smallest absolute Gasteiger partial charge is 0.748 e. The summed E-state index contributed by atoms with van der Waals surface area (Å²) in [6.45, 7) is 3.95. The van der Waals surface area contributed by atoms with Gasteiger partial charge in [-0.05, 0) is 25.7 Å². The van der Waals surface area contributed by atoms with Crippen molar-refractivity contribution in [1.82, 2.24) is 0 Å². The van der Waals surface area contributed by atoms with Gasteiger partial charge in [-0.3, -0.25) is 0 Å². The zero-order valence-corrected chi connectivity index (χ0v) is 19.4. The Morgan fingerprint density at radius 3 is 1.65 bits per heavy atom. The van der Waals surface area contributed by atoms with Gasteiger partial charge in [0.15, 0.2) is 0 Å². The molecule has 0 aromatic rings. The largest absolute Gasteiger partial charge is 1.00 e. The molecule has 1 N–H and O–H groups in total. The summed E-state index contributed by atoms with van der Waals surface area (Å²) in [7, 11) is -4.13. The van der Waals surface area contributed by atoms with E-state index in [4.69, 9.17) is 0 Å². The molecule has 0 saturated heterocycles. The molecular weight excluding hydrogens is 339 g/mol. The molecule has 0 bridgehead atoms. The Bertz CT molecular complexity index is 347. The van der Waals surface area contributed by atoms with E-state index in [0.717, 1.165) is 44.9 Å². The Balaban J connectivity index is 0. The third-order valence-corrected chi connectivity index (χ3v) is 5.70. The minimum absolute atomic E-state index is 0. The van der Waals surface area contributed by atoms with E-state index in [0.29, 0.717) is 12.8 Å². The van der Waals surface area contributed by atoms with E-state index < -0.39 is 15.4 Å². The van der Waals surface area contributed by atoms with Gasteiger partial charge in [0.1, 0.15) is 0 Å². The van der Waals surface area contributed by atoms with Crippen molar-refractivity contribution in [1.29, 1.82) is 0 Å². The summed E-state index contributed by atoms with van der Waals surface area (Å²) in [6, 6.07) is 0. The van der Waals surface area contributed by atoms with Crippen molar-refractivity contribution in [2.24, 2.45) is 0 Å². The first kappa shape index (κ1) is 26.7. The average molecular weight is 375 g/mol. The summed E-state index contributed by atoms with van der Waals surface area (Å²) < 4.78 is 32.8. The minimum atomic E-state index is -4.13. The molecule has 0 spiro atoms. The van der Waals surface area contributed by atoms with Crippen LogP contribution >= 0.6 is 0 Å². The number of hydrogen-bond donors (Lipinski definition) is 1. The molecular formula is C17H35KO4S. The maximum atomic E-state index is 10.9. The molecule has 0 aromatic carbocycles. The zero-order valence-electron chi connectivity index (χ0n) is 15.4. The molecule has 0 aromatic heterocycles. The predicted molar refractivity (Wildman–Crippen MR) is 90.9 cm³/mol. The van der Waals surface area contributed by atoms with E-state index in [1.807, 2.05) is 0 Å². The third-order valence-electron chi connectivity index (χ3n) is 4.32. The van der Waals surface area contributed by atoms with E-state index in [9.17, 15) is 18.1 Å². The van der Waals surface area contributed by atoms with Gasteiger partial charge in [-0.2, -0.15) is 0 Å². The fourth-order valence-corrected chi connectivity index (χ4v) is 3.65. The van der Waals surface area contributed by atoms with E-state index in [-0.39, 0.29) is 57.5 Å². The van der Waals surface area contributed by atoms with E-state index in [2.05, 4.69) is 6.92 Å². The maximum Gasteiger partial charge on any atom is 1.00 e. The molecule has 0 amide bonds. The van der Waals surface area contributed by atoms with Crippen molar-refractivity contribution >= 4 is 10.1 Å². The Morgan fingerprint density at radius 2 is 1.26 bits per heavy atom. The monoisotopic (exact) mass is 374 g/mol. The van der Waals surface area contributed by atoms with Crippen LogP contribution in [0.1, 0.15) is 97.3 Å². The molecule has 2 atom stereocenters. The van der Waals surface area contributed by atoms with Crippen molar-refractivity contribution in [2.45, 2.75) is 109 Å². The number of aliphatic hydroxyl groups excluding tert-OH is 1. The fourth-order valence-electron chi connectivity index (χ4n) is 2.79. The minimum Gasteiger partial charge on any atom is -0.748 e. The normalized spacial score (nSPS) is 14.3. The maximum absolute atomic E-state index is 10.9. The van der Waals surface area contributed by atoms with Gasteiger partial charge in [0.05, 0.1) is 16.2 Å². The Hall–Kier alpha value is 1.51. The molecule has 0 aliphatic heterocycles. The van der Waals surface area contributed by atoms with Crippen LogP contribution in [0.4, 0.5) is 0 Å². The first-order valence-corrected chi connectivity index (χ1v) is 10.5. The van der Waals surface area contributed by atoms with Crippen LogP contribution in [0.5, 0.6) is 0 Å². The number of hydrogen-bond acceptors (Lipinski definition) is 4. The Kier molecular flexibility index (Phi) is 19.7. The molecule has 0 saturated carbocycles. The van der Waals surface area contributed by atoms with Crippen LogP contribution in [-0.4, -0.2) is 29.4 Å². The van der Waals surface area contributed by atoms with Crippen molar-refractivity contribution in [3.05, 3.63) is 0 Å². The van der Waals surface area contributed by atoms with Crippen LogP contribution < -0.4 is 51.4 Å². The molecule has 0 heterocycles. The molecule has 0 radical (unpaired) electrons. The summed E-state index contributed by atoms with van der Waals surface area (Å²) in [5, 5.41) is 9.15. The van der Waals surface area contributed by atoms with Gasteiger partial charge in [0.25, 0.3) is 0 Å². The van der Waals surface area contributed by atoms with Gasteiger partial charge in [-0.1, -0.05) is 71.6 Å². The molecule has 2 unspecified atom stereocenters. The van der Waals surface area contributed by atoms with Crippen LogP contribution in [0.15, 0.2) is 0 Å². The van der Waals surface area contributed by atoms with Crippen LogP contribution in [0.3, 0.4) is 0 Å². The number of rotatable bonds is 15. The molecule has 134 valence electrons. The molecule has 0 aliphatic rings. The van der Waals surface area contributed by atoms with Crippen molar-refractivity contribution in [2.75, 3.05) is 0 Å². The molecule has 0 fully saturated rings. The molecule has 0 aliphatic carbocycles. The second-order valence-electron chi connectivity index (χ2n) is 6.37. The quantitative estimate of drug-likeness (QED) is 0.267. The zero-order chi connectivity index (χ0) is 16.8. The van der Waals surface area contributed by atoms with Crippen LogP contribution in [0.2, 0.25) is 0 Å². The Morgan fingerprint density at radius 1 is 0.826 bits per heavy atom. The van der Waals surface area contributed by atoms with Gasteiger partial charge < -0.3 is 9.66 Å². The van der Waals surface area contributed by atoms with Crippen molar-refractivity contribution < 1.29 is 69.5 Å². The topological polar surface area (TPSA) is 77.4 Å². The second-order valence-corrected chi connectivity index (χ2v) is 8.02. The van der Waals surface area contributed by atoms with Gasteiger partial charge in [-0.15, -0.1) is 0 Å². The summed E-state index contributed by atoms with van der Waals surface area (Å²) in [4.78, 5) is 0. The Labute approximate surface area is 186 Å². The summed E-state index contributed by atoms with van der Waals surface area (Å²) >= 11 is 0. The first-order chi connectivity index (χ1) is 10.4. The standard InChI is InChI=1S/C17H36O4S.K/c1-3-5-6-7-10-13-16(18)14-11-8-9-12-15-17(4-2)22(19,20)21;/h16-18H,3-15H2,1-2H3,(H,19,20,21);/q;+1/p-1. The summed E-state index contributed by atoms with van der Waals surface area (Å²) in [5.74, 6) is 0. The van der Waals surface area contributed by atoms with Crippen LogP contribution in [-0.2, 0) is 10.1 Å². The number of unbranched alkanes of at least 4 members (excludes halogenated alkanes) is 7. The second kappa shape index (κ2) is 16.9. The van der Waals surface area contributed by atoms with Crippen LogP contribution in [0.25, 0.3) is 0 Å². The van der Waals surface area contributed by atoms with E-state index in [1.54, 1.807) is 6.92 Å². The summed E-state index contributed by atoms with van der Waals surface area (Å²) in [6.07, 6.45) is 12.3. The van der Waals surface area contributed by atoms with E-state index in [1.165, 1.54) is 25.7 Å². The van der Waals surface area contributed by atoms with Crippen molar-refractivity contribution in [3.63, 3.8) is 0 Å².